The summed E-state index contributed by atoms with van der Waals surface area (Å²) >= 11 is 0. The van der Waals surface area contributed by atoms with Crippen molar-refractivity contribution in [1.82, 2.24) is 14.9 Å². The molecule has 3 N–H and O–H groups in total. The first-order valence-corrected chi connectivity index (χ1v) is 5.98. The summed E-state index contributed by atoms with van der Waals surface area (Å²) in [6, 6.07) is 7.28. The van der Waals surface area contributed by atoms with Crippen LogP contribution in [0.25, 0.3) is 0 Å². The van der Waals surface area contributed by atoms with Gasteiger partial charge in [0.15, 0.2) is 0 Å². The van der Waals surface area contributed by atoms with Gasteiger partial charge in [0.2, 0.25) is 0 Å². The number of hydrogen-bond acceptors (Lipinski definition) is 3. The Morgan fingerprint density at radius 3 is 2.53 bits per heavy atom. The summed E-state index contributed by atoms with van der Waals surface area (Å²) in [5.74, 6) is 0.965. The maximum Gasteiger partial charge on any atom is 0.318 e. The van der Waals surface area contributed by atoms with E-state index in [4.69, 9.17) is 0 Å². The van der Waals surface area contributed by atoms with Crippen molar-refractivity contribution in [2.45, 2.75) is 6.54 Å². The number of carbonyl (C=O) groups excluding carboxylic acids is 1. The summed E-state index contributed by atoms with van der Waals surface area (Å²) in [5.41, 5.74) is 1.73. The molecule has 0 saturated heterocycles. The van der Waals surface area contributed by atoms with E-state index in [0.717, 1.165) is 17.2 Å². The molecule has 0 saturated carbocycles. The highest BCUT2D eigenvalue weighted by atomic mass is 16.2. The predicted octanol–water partition coefficient (Wildman–Crippen LogP) is 1.78. The van der Waals surface area contributed by atoms with Crippen LogP contribution < -0.4 is 16.0 Å². The Morgan fingerprint density at radius 2 is 1.95 bits per heavy atom. The van der Waals surface area contributed by atoms with E-state index in [1.165, 1.54) is 0 Å². The lowest BCUT2D eigenvalue weighted by Gasteiger charge is -2.08. The van der Waals surface area contributed by atoms with Crippen LogP contribution in [0.15, 0.2) is 36.7 Å². The molecular formula is C13H17N5O. The van der Waals surface area contributed by atoms with Crippen molar-refractivity contribution in [3.05, 3.63) is 42.5 Å². The fraction of sp³-hybridized carbons (Fsp3) is 0.231. The molecule has 0 spiro atoms. The standard InChI is InChI=1S/C13H17N5O/c1-14-13(19)17-11-5-3-10(4-6-11)16-9-12-15-7-8-18(12)2/h3-8,16H,9H2,1-2H3,(H2,14,17,19). The molecule has 0 aliphatic carbocycles. The van der Waals surface area contributed by atoms with Gasteiger partial charge in [-0.25, -0.2) is 9.78 Å². The number of nitrogens with zero attached hydrogens (tertiary/aromatic N) is 2. The van der Waals surface area contributed by atoms with Gasteiger partial charge in [0, 0.05) is 37.9 Å². The van der Waals surface area contributed by atoms with Crippen LogP contribution in [-0.2, 0) is 13.6 Å². The zero-order valence-electron chi connectivity index (χ0n) is 11.0. The molecule has 6 nitrogen and oxygen atoms in total. The quantitative estimate of drug-likeness (QED) is 0.784. The largest absolute Gasteiger partial charge is 0.378 e. The van der Waals surface area contributed by atoms with Crippen molar-refractivity contribution in [1.29, 1.82) is 0 Å². The van der Waals surface area contributed by atoms with E-state index in [0.29, 0.717) is 6.54 Å². The number of nitrogens with one attached hydrogen (secondary N) is 3. The summed E-state index contributed by atoms with van der Waals surface area (Å²) in [5, 5.41) is 8.48. The van der Waals surface area contributed by atoms with E-state index in [9.17, 15) is 4.79 Å². The third-order valence-corrected chi connectivity index (χ3v) is 2.74. The number of amides is 2. The smallest absolute Gasteiger partial charge is 0.318 e. The number of rotatable bonds is 4. The van der Waals surface area contributed by atoms with Crippen molar-refractivity contribution in [3.63, 3.8) is 0 Å². The van der Waals surface area contributed by atoms with Crippen molar-refractivity contribution >= 4 is 17.4 Å². The molecule has 2 amide bonds. The fourth-order valence-corrected chi connectivity index (χ4v) is 1.61. The van der Waals surface area contributed by atoms with Crippen molar-refractivity contribution in [3.8, 4) is 0 Å². The third-order valence-electron chi connectivity index (χ3n) is 2.74. The average Bonchev–Trinajstić information content (AvgIpc) is 2.83. The first kappa shape index (κ1) is 12.9. The maximum absolute atomic E-state index is 11.1. The maximum atomic E-state index is 11.1. The lowest BCUT2D eigenvalue weighted by atomic mass is 10.3. The Bertz CT molecular complexity index is 546. The molecule has 0 radical (unpaired) electrons. The first-order chi connectivity index (χ1) is 9.19. The summed E-state index contributed by atoms with van der Waals surface area (Å²) in [6.45, 7) is 0.658. The minimum atomic E-state index is -0.228. The summed E-state index contributed by atoms with van der Waals surface area (Å²) in [6.07, 6.45) is 3.68. The molecule has 0 atom stereocenters. The lowest BCUT2D eigenvalue weighted by molar-refractivity contribution is 0.254. The van der Waals surface area contributed by atoms with E-state index < -0.39 is 0 Å². The van der Waals surface area contributed by atoms with E-state index >= 15 is 0 Å². The molecule has 0 bridgehead atoms. The van der Waals surface area contributed by atoms with Gasteiger partial charge < -0.3 is 20.5 Å². The van der Waals surface area contributed by atoms with Gasteiger partial charge in [-0.2, -0.15) is 0 Å². The summed E-state index contributed by atoms with van der Waals surface area (Å²) < 4.78 is 1.97. The molecule has 1 heterocycles. The van der Waals surface area contributed by atoms with Crippen LogP contribution in [0.2, 0.25) is 0 Å². The number of aryl methyl sites for hydroxylation is 1. The van der Waals surface area contributed by atoms with Crippen LogP contribution in [0.4, 0.5) is 16.2 Å². The molecule has 0 fully saturated rings. The zero-order chi connectivity index (χ0) is 13.7. The minimum Gasteiger partial charge on any atom is -0.378 e. The van der Waals surface area contributed by atoms with Gasteiger partial charge in [-0.3, -0.25) is 0 Å². The molecule has 2 rings (SSSR count). The molecule has 1 aromatic carbocycles. The van der Waals surface area contributed by atoms with E-state index in [1.807, 2.05) is 42.1 Å². The average molecular weight is 259 g/mol. The van der Waals surface area contributed by atoms with Gasteiger partial charge >= 0.3 is 6.03 Å². The summed E-state index contributed by atoms with van der Waals surface area (Å²) in [4.78, 5) is 15.4. The van der Waals surface area contributed by atoms with Crippen LogP contribution in [0.3, 0.4) is 0 Å². The van der Waals surface area contributed by atoms with Crippen LogP contribution in [0.5, 0.6) is 0 Å². The third kappa shape index (κ3) is 3.48. The fourth-order valence-electron chi connectivity index (χ4n) is 1.61. The van der Waals surface area contributed by atoms with Gasteiger partial charge in [-0.05, 0) is 24.3 Å². The number of carbonyl (C=O) groups is 1. The van der Waals surface area contributed by atoms with Gasteiger partial charge in [0.1, 0.15) is 5.82 Å². The molecule has 2 aromatic rings. The Hall–Kier alpha value is -2.50. The minimum absolute atomic E-state index is 0.228. The molecule has 19 heavy (non-hydrogen) atoms. The second-order valence-electron chi connectivity index (χ2n) is 4.09. The Morgan fingerprint density at radius 1 is 1.26 bits per heavy atom. The monoisotopic (exact) mass is 259 g/mol. The number of hydrogen-bond donors (Lipinski definition) is 3. The van der Waals surface area contributed by atoms with Gasteiger partial charge in [0.25, 0.3) is 0 Å². The molecular weight excluding hydrogens is 242 g/mol. The van der Waals surface area contributed by atoms with Gasteiger partial charge in [-0.1, -0.05) is 0 Å². The SMILES string of the molecule is CNC(=O)Nc1ccc(NCc2nccn2C)cc1. The number of aromatic nitrogens is 2. The predicted molar refractivity (Wildman–Crippen MR) is 75.1 cm³/mol. The Balaban J connectivity index is 1.92. The zero-order valence-corrected chi connectivity index (χ0v) is 11.0. The first-order valence-electron chi connectivity index (χ1n) is 5.98. The van der Waals surface area contributed by atoms with Gasteiger partial charge in [-0.15, -0.1) is 0 Å². The second-order valence-corrected chi connectivity index (χ2v) is 4.09. The van der Waals surface area contributed by atoms with Crippen molar-refractivity contribution in [2.75, 3.05) is 17.7 Å². The number of urea groups is 1. The van der Waals surface area contributed by atoms with Crippen molar-refractivity contribution < 1.29 is 4.79 Å². The van der Waals surface area contributed by atoms with Crippen LogP contribution in [0.1, 0.15) is 5.82 Å². The van der Waals surface area contributed by atoms with E-state index in [1.54, 1.807) is 13.2 Å². The molecule has 6 heteroatoms. The highest BCUT2D eigenvalue weighted by Crippen LogP contribution is 2.14. The van der Waals surface area contributed by atoms with E-state index in [2.05, 4.69) is 20.9 Å². The highest BCUT2D eigenvalue weighted by Gasteiger charge is 2.00. The molecule has 1 aromatic heterocycles. The van der Waals surface area contributed by atoms with Crippen molar-refractivity contribution in [2.24, 2.45) is 7.05 Å². The lowest BCUT2D eigenvalue weighted by Crippen LogP contribution is -2.24. The molecule has 100 valence electrons. The molecule has 0 aliphatic rings. The van der Waals surface area contributed by atoms with Crippen LogP contribution in [0, 0.1) is 0 Å². The normalized spacial score (nSPS) is 10.0. The highest BCUT2D eigenvalue weighted by molar-refractivity contribution is 5.89. The van der Waals surface area contributed by atoms with Gasteiger partial charge in [0.05, 0.1) is 6.54 Å². The molecule has 0 unspecified atom stereocenters. The Labute approximate surface area is 111 Å². The number of imidazole rings is 1. The second kappa shape index (κ2) is 5.90. The molecule has 0 aliphatic heterocycles. The Kier molecular flexibility index (Phi) is 4.02. The summed E-state index contributed by atoms with van der Waals surface area (Å²) in [7, 11) is 3.54. The number of anilines is 2. The topological polar surface area (TPSA) is 71.0 Å². The van der Waals surface area contributed by atoms with Crippen LogP contribution in [-0.4, -0.2) is 22.6 Å². The van der Waals surface area contributed by atoms with Crippen LogP contribution >= 0.6 is 0 Å². The van der Waals surface area contributed by atoms with E-state index in [-0.39, 0.29) is 6.03 Å². The number of benzene rings is 1.